The van der Waals surface area contributed by atoms with Crippen molar-refractivity contribution in [2.75, 3.05) is 13.1 Å². The first-order valence-electron chi connectivity index (χ1n) is 10.8. The lowest BCUT2D eigenvalue weighted by Crippen LogP contribution is -2.39. The molecule has 3 aromatic rings. The van der Waals surface area contributed by atoms with Gasteiger partial charge in [-0.1, -0.05) is 39.8 Å². The molecule has 2 heterocycles. The number of para-hydroxylation sites is 2. The predicted molar refractivity (Wildman–Crippen MR) is 121 cm³/mol. The van der Waals surface area contributed by atoms with E-state index < -0.39 is 6.04 Å². The van der Waals surface area contributed by atoms with Gasteiger partial charge in [0.05, 0.1) is 23.3 Å². The zero-order valence-corrected chi connectivity index (χ0v) is 19.0. The van der Waals surface area contributed by atoms with Crippen molar-refractivity contribution in [3.63, 3.8) is 0 Å². The summed E-state index contributed by atoms with van der Waals surface area (Å²) in [5.74, 6) is 1.38. The van der Waals surface area contributed by atoms with Gasteiger partial charge in [0.2, 0.25) is 5.91 Å². The number of carbonyl (C=O) groups excluding carboxylic acids is 2. The summed E-state index contributed by atoms with van der Waals surface area (Å²) < 4.78 is 7.11. The number of benzene rings is 1. The largest absolute Gasteiger partial charge is 0.459 e. The van der Waals surface area contributed by atoms with E-state index in [-0.39, 0.29) is 24.1 Å². The Labute approximate surface area is 183 Å². The molecule has 0 bridgehead atoms. The van der Waals surface area contributed by atoms with E-state index in [4.69, 9.17) is 9.40 Å². The van der Waals surface area contributed by atoms with E-state index in [9.17, 15) is 9.59 Å². The summed E-state index contributed by atoms with van der Waals surface area (Å²) in [5.41, 5.74) is 1.67. The third-order valence-electron chi connectivity index (χ3n) is 4.98. The van der Waals surface area contributed by atoms with E-state index in [2.05, 4.69) is 33.0 Å². The molecule has 1 atom stereocenters. The second-order valence-electron chi connectivity index (χ2n) is 8.80. The van der Waals surface area contributed by atoms with Crippen molar-refractivity contribution in [3.8, 4) is 0 Å². The molecule has 3 rings (SSSR count). The molecule has 1 unspecified atom stereocenters. The first kappa shape index (κ1) is 22.6. The van der Waals surface area contributed by atoms with E-state index in [1.54, 1.807) is 12.1 Å². The Morgan fingerprint density at radius 3 is 2.32 bits per heavy atom. The molecule has 0 fully saturated rings. The molecule has 7 heteroatoms. The summed E-state index contributed by atoms with van der Waals surface area (Å²) in [6, 6.07) is 10.6. The molecular weight excluding hydrogens is 392 g/mol. The Morgan fingerprint density at radius 2 is 1.71 bits per heavy atom. The first-order valence-corrected chi connectivity index (χ1v) is 10.8. The van der Waals surface area contributed by atoms with Crippen molar-refractivity contribution in [1.29, 1.82) is 0 Å². The number of rotatable bonds is 9. The zero-order chi connectivity index (χ0) is 22.5. The van der Waals surface area contributed by atoms with E-state index in [1.807, 2.05) is 40.7 Å². The lowest BCUT2D eigenvalue weighted by molar-refractivity contribution is -0.132. The van der Waals surface area contributed by atoms with Crippen LogP contribution in [0.2, 0.25) is 0 Å². The van der Waals surface area contributed by atoms with Gasteiger partial charge >= 0.3 is 0 Å². The number of carbonyl (C=O) groups is 2. The van der Waals surface area contributed by atoms with Crippen molar-refractivity contribution in [2.45, 2.75) is 47.2 Å². The van der Waals surface area contributed by atoms with Gasteiger partial charge in [0.1, 0.15) is 12.4 Å². The van der Waals surface area contributed by atoms with Crippen LogP contribution in [0.3, 0.4) is 0 Å². The van der Waals surface area contributed by atoms with Crippen LogP contribution in [0.5, 0.6) is 0 Å². The normalized spacial score (nSPS) is 12.5. The van der Waals surface area contributed by atoms with Crippen LogP contribution in [0, 0.1) is 11.8 Å². The second kappa shape index (κ2) is 9.81. The number of hydrogen-bond donors (Lipinski definition) is 1. The van der Waals surface area contributed by atoms with E-state index in [1.165, 1.54) is 6.26 Å². The molecule has 7 nitrogen and oxygen atoms in total. The Bertz CT molecular complexity index is 1010. The van der Waals surface area contributed by atoms with Crippen LogP contribution in [0.25, 0.3) is 11.0 Å². The second-order valence-corrected chi connectivity index (χ2v) is 8.80. The molecule has 0 saturated heterocycles. The predicted octanol–water partition coefficient (Wildman–Crippen LogP) is 4.26. The van der Waals surface area contributed by atoms with Gasteiger partial charge in [0.25, 0.3) is 5.91 Å². The number of nitrogens with one attached hydrogen (secondary N) is 1. The van der Waals surface area contributed by atoms with Gasteiger partial charge in [-0.05, 0) is 43.0 Å². The van der Waals surface area contributed by atoms with Gasteiger partial charge in [-0.15, -0.1) is 0 Å². The molecule has 2 aromatic heterocycles. The van der Waals surface area contributed by atoms with Crippen molar-refractivity contribution in [3.05, 3.63) is 54.2 Å². The molecule has 166 valence electrons. The maximum Gasteiger partial charge on any atom is 0.287 e. The molecule has 0 spiro atoms. The number of hydrogen-bond acceptors (Lipinski definition) is 4. The smallest absolute Gasteiger partial charge is 0.287 e. The minimum absolute atomic E-state index is 0.0522. The minimum Gasteiger partial charge on any atom is -0.459 e. The zero-order valence-electron chi connectivity index (χ0n) is 19.0. The maximum atomic E-state index is 13.3. The lowest BCUT2D eigenvalue weighted by atomic mass is 10.1. The number of amides is 2. The van der Waals surface area contributed by atoms with Crippen molar-refractivity contribution < 1.29 is 14.0 Å². The van der Waals surface area contributed by atoms with Crippen LogP contribution >= 0.6 is 0 Å². The first-order chi connectivity index (χ1) is 14.8. The minimum atomic E-state index is -0.401. The van der Waals surface area contributed by atoms with Gasteiger partial charge in [0, 0.05) is 13.1 Å². The monoisotopic (exact) mass is 424 g/mol. The SMILES string of the molecule is CC(C)CN(CC(C)C)C(=O)Cn1c(C(C)NC(=O)c2ccco2)nc2ccccc21. The van der Waals surface area contributed by atoms with Crippen molar-refractivity contribution in [1.82, 2.24) is 19.8 Å². The summed E-state index contributed by atoms with van der Waals surface area (Å²) in [4.78, 5) is 32.4. The summed E-state index contributed by atoms with van der Waals surface area (Å²) in [6.07, 6.45) is 1.46. The molecule has 0 aliphatic carbocycles. The highest BCUT2D eigenvalue weighted by Gasteiger charge is 2.23. The Hall–Kier alpha value is -3.09. The Balaban J connectivity index is 1.89. The van der Waals surface area contributed by atoms with Crippen LogP contribution in [0.1, 0.15) is 57.0 Å². The Kier molecular flexibility index (Phi) is 7.15. The molecule has 2 amide bonds. The van der Waals surface area contributed by atoms with Crippen LogP contribution in [-0.4, -0.2) is 39.4 Å². The molecule has 0 aliphatic rings. The summed E-state index contributed by atoms with van der Waals surface area (Å²) in [7, 11) is 0. The van der Waals surface area contributed by atoms with Gasteiger partial charge < -0.3 is 19.2 Å². The number of imidazole rings is 1. The maximum absolute atomic E-state index is 13.3. The van der Waals surface area contributed by atoms with E-state index in [0.717, 1.165) is 11.0 Å². The molecule has 0 saturated carbocycles. The number of fused-ring (bicyclic) bond motifs is 1. The van der Waals surface area contributed by atoms with Crippen LogP contribution < -0.4 is 5.32 Å². The van der Waals surface area contributed by atoms with Gasteiger partial charge in [-0.2, -0.15) is 0 Å². The molecule has 0 radical (unpaired) electrons. The highest BCUT2D eigenvalue weighted by molar-refractivity contribution is 5.91. The Morgan fingerprint density at radius 1 is 1.03 bits per heavy atom. The third-order valence-corrected chi connectivity index (χ3v) is 4.98. The van der Waals surface area contributed by atoms with E-state index in [0.29, 0.717) is 30.7 Å². The average Bonchev–Trinajstić information content (AvgIpc) is 3.35. The highest BCUT2D eigenvalue weighted by Crippen LogP contribution is 2.22. The van der Waals surface area contributed by atoms with Gasteiger partial charge in [-0.3, -0.25) is 9.59 Å². The summed E-state index contributed by atoms with van der Waals surface area (Å²) in [5, 5.41) is 2.93. The lowest BCUT2D eigenvalue weighted by Gasteiger charge is -2.27. The van der Waals surface area contributed by atoms with Crippen LogP contribution in [0.4, 0.5) is 0 Å². The van der Waals surface area contributed by atoms with E-state index >= 15 is 0 Å². The standard InChI is InChI=1S/C24H32N4O3/c1-16(2)13-27(14-17(3)4)22(29)15-28-20-10-7-6-9-19(20)26-23(28)18(5)25-24(30)21-11-8-12-31-21/h6-12,16-18H,13-15H2,1-5H3,(H,25,30). The van der Waals surface area contributed by atoms with Gasteiger partial charge in [0.15, 0.2) is 5.76 Å². The number of furan rings is 1. The molecule has 0 aliphatic heterocycles. The van der Waals surface area contributed by atoms with Crippen molar-refractivity contribution in [2.24, 2.45) is 11.8 Å². The molecule has 1 N–H and O–H groups in total. The summed E-state index contributed by atoms with van der Waals surface area (Å²) in [6.45, 7) is 11.9. The highest BCUT2D eigenvalue weighted by atomic mass is 16.3. The number of aromatic nitrogens is 2. The van der Waals surface area contributed by atoms with Crippen molar-refractivity contribution >= 4 is 22.8 Å². The van der Waals surface area contributed by atoms with Gasteiger partial charge in [-0.25, -0.2) is 4.98 Å². The van der Waals surface area contributed by atoms with Crippen LogP contribution in [-0.2, 0) is 11.3 Å². The third kappa shape index (κ3) is 5.54. The fourth-order valence-electron chi connectivity index (χ4n) is 3.73. The fourth-order valence-corrected chi connectivity index (χ4v) is 3.73. The average molecular weight is 425 g/mol. The number of nitrogens with zero attached hydrogens (tertiary/aromatic N) is 3. The molecule has 31 heavy (non-hydrogen) atoms. The molecular formula is C24H32N4O3. The van der Waals surface area contributed by atoms with Crippen LogP contribution in [0.15, 0.2) is 47.1 Å². The topological polar surface area (TPSA) is 80.4 Å². The fraction of sp³-hybridized carbons (Fsp3) is 0.458. The molecule has 1 aromatic carbocycles. The quantitative estimate of drug-likeness (QED) is 0.556. The summed E-state index contributed by atoms with van der Waals surface area (Å²) >= 11 is 0.